The van der Waals surface area contributed by atoms with Crippen molar-refractivity contribution in [1.29, 1.82) is 0 Å². The van der Waals surface area contributed by atoms with E-state index in [0.29, 0.717) is 27.8 Å². The summed E-state index contributed by atoms with van der Waals surface area (Å²) >= 11 is 12.4. The lowest BCUT2D eigenvalue weighted by molar-refractivity contribution is -0.114. The first-order valence-electron chi connectivity index (χ1n) is 7.44. The van der Waals surface area contributed by atoms with Crippen molar-refractivity contribution in [1.82, 2.24) is 14.8 Å². The fourth-order valence-electron chi connectivity index (χ4n) is 2.38. The number of hydrogen-bond acceptors (Lipinski definition) is 4. The van der Waals surface area contributed by atoms with Crippen LogP contribution in [0.4, 0.5) is 5.82 Å². The Kier molecular flexibility index (Phi) is 4.92. The molecule has 3 N–H and O–H groups in total. The van der Waals surface area contributed by atoms with Crippen molar-refractivity contribution in [3.05, 3.63) is 58.3 Å². The summed E-state index contributed by atoms with van der Waals surface area (Å²) < 4.78 is 1.40. The number of carbonyl (C=O) groups excluding carboxylic acids is 2. The van der Waals surface area contributed by atoms with Crippen LogP contribution in [-0.4, -0.2) is 26.6 Å². The van der Waals surface area contributed by atoms with Crippen LogP contribution in [0.25, 0.3) is 16.9 Å². The lowest BCUT2D eigenvalue weighted by atomic mass is 10.1. The third-order valence-corrected chi connectivity index (χ3v) is 4.12. The van der Waals surface area contributed by atoms with E-state index in [1.165, 1.54) is 30.1 Å². The molecule has 0 unspecified atom stereocenters. The Morgan fingerprint density at radius 3 is 2.58 bits per heavy atom. The number of aromatic nitrogens is 3. The number of nitrogens with one attached hydrogen (secondary N) is 1. The molecule has 9 heteroatoms. The van der Waals surface area contributed by atoms with Crippen LogP contribution in [0.5, 0.6) is 0 Å². The second kappa shape index (κ2) is 7.15. The van der Waals surface area contributed by atoms with E-state index < -0.39 is 5.91 Å². The predicted molar refractivity (Wildman–Crippen MR) is 99.6 cm³/mol. The maximum absolute atomic E-state index is 11.9. The summed E-state index contributed by atoms with van der Waals surface area (Å²) in [5.74, 6) is -0.633. The van der Waals surface area contributed by atoms with Crippen LogP contribution in [0.15, 0.2) is 42.7 Å². The fourth-order valence-corrected chi connectivity index (χ4v) is 2.80. The molecule has 0 radical (unpaired) electrons. The van der Waals surface area contributed by atoms with Gasteiger partial charge >= 0.3 is 0 Å². The molecule has 0 saturated carbocycles. The molecule has 1 aromatic carbocycles. The molecule has 7 nitrogen and oxygen atoms in total. The maximum atomic E-state index is 11.9. The zero-order valence-electron chi connectivity index (χ0n) is 13.5. The number of nitrogens with zero attached hydrogens (tertiary/aromatic N) is 3. The van der Waals surface area contributed by atoms with E-state index in [-0.39, 0.29) is 16.5 Å². The number of anilines is 1. The summed E-state index contributed by atoms with van der Waals surface area (Å²) in [5, 5.41) is 7.70. The van der Waals surface area contributed by atoms with Crippen LogP contribution in [-0.2, 0) is 4.79 Å². The Balaban J connectivity index is 2.16. The molecule has 26 heavy (non-hydrogen) atoms. The lowest BCUT2D eigenvalue weighted by Gasteiger charge is -2.07. The summed E-state index contributed by atoms with van der Waals surface area (Å²) in [6.45, 7) is 1.37. The van der Waals surface area contributed by atoms with Gasteiger partial charge in [0, 0.05) is 24.8 Å². The van der Waals surface area contributed by atoms with E-state index in [1.54, 1.807) is 24.3 Å². The average Bonchev–Trinajstić information content (AvgIpc) is 3.01. The first kappa shape index (κ1) is 17.9. The Morgan fingerprint density at radius 2 is 1.92 bits per heavy atom. The minimum Gasteiger partial charge on any atom is -0.365 e. The minimum atomic E-state index is -0.654. The second-order valence-corrected chi connectivity index (χ2v) is 6.20. The van der Waals surface area contributed by atoms with Gasteiger partial charge in [0.25, 0.3) is 5.91 Å². The molecular weight excluding hydrogens is 377 g/mol. The van der Waals surface area contributed by atoms with Gasteiger partial charge in [-0.05, 0) is 6.07 Å². The monoisotopic (exact) mass is 389 g/mol. The number of nitrogens with two attached hydrogens (primary N) is 1. The molecule has 0 saturated heterocycles. The smallest absolute Gasteiger partial charge is 0.252 e. The number of primary amides is 1. The number of carbonyl (C=O) groups is 2. The van der Waals surface area contributed by atoms with Crippen molar-refractivity contribution >= 4 is 40.8 Å². The third kappa shape index (κ3) is 3.54. The predicted octanol–water partition coefficient (Wildman–Crippen LogP) is 3.30. The maximum Gasteiger partial charge on any atom is 0.252 e. The number of amides is 2. The van der Waals surface area contributed by atoms with Crippen molar-refractivity contribution in [3.63, 3.8) is 0 Å². The van der Waals surface area contributed by atoms with Gasteiger partial charge in [0.05, 0.1) is 27.5 Å². The van der Waals surface area contributed by atoms with E-state index in [1.807, 2.05) is 0 Å². The van der Waals surface area contributed by atoms with Crippen molar-refractivity contribution < 1.29 is 9.59 Å². The Morgan fingerprint density at radius 1 is 1.19 bits per heavy atom. The van der Waals surface area contributed by atoms with Crippen LogP contribution in [0.3, 0.4) is 0 Å². The number of pyridine rings is 1. The number of hydrogen-bond donors (Lipinski definition) is 2. The molecule has 3 aromatic rings. The molecule has 0 spiro atoms. The standard InChI is InChI=1S/C17H13Cl2N5O2/c1-9(25)22-15-6-14(13(19)7-21-15)24-8-11(17(20)26)16(23-24)10-4-2-3-5-12(10)18/h2-8H,1H3,(H2,20,26)(H,21,22,25). The molecule has 2 aromatic heterocycles. The zero-order valence-corrected chi connectivity index (χ0v) is 15.0. The van der Waals surface area contributed by atoms with Gasteiger partial charge < -0.3 is 11.1 Å². The van der Waals surface area contributed by atoms with E-state index >= 15 is 0 Å². The molecule has 132 valence electrons. The topological polar surface area (TPSA) is 103 Å². The molecular formula is C17H13Cl2N5O2. The van der Waals surface area contributed by atoms with Gasteiger partial charge in [0.2, 0.25) is 5.91 Å². The van der Waals surface area contributed by atoms with Gasteiger partial charge in [-0.25, -0.2) is 9.67 Å². The number of benzene rings is 1. The van der Waals surface area contributed by atoms with E-state index in [9.17, 15) is 9.59 Å². The number of halogens is 2. The van der Waals surface area contributed by atoms with Crippen molar-refractivity contribution in [2.75, 3.05) is 5.32 Å². The first-order chi connectivity index (χ1) is 12.4. The summed E-state index contributed by atoms with van der Waals surface area (Å²) in [4.78, 5) is 27.1. The first-order valence-corrected chi connectivity index (χ1v) is 8.20. The van der Waals surface area contributed by atoms with Gasteiger partial charge in [-0.3, -0.25) is 9.59 Å². The Bertz CT molecular complexity index is 1020. The van der Waals surface area contributed by atoms with E-state index in [0.717, 1.165) is 0 Å². The van der Waals surface area contributed by atoms with E-state index in [2.05, 4.69) is 15.4 Å². The molecule has 3 rings (SSSR count). The normalized spacial score (nSPS) is 10.6. The summed E-state index contributed by atoms with van der Waals surface area (Å²) in [7, 11) is 0. The lowest BCUT2D eigenvalue weighted by Crippen LogP contribution is -2.11. The van der Waals surface area contributed by atoms with Crippen molar-refractivity contribution in [3.8, 4) is 16.9 Å². The third-order valence-electron chi connectivity index (χ3n) is 3.49. The summed E-state index contributed by atoms with van der Waals surface area (Å²) in [6, 6.07) is 8.51. The summed E-state index contributed by atoms with van der Waals surface area (Å²) in [5.41, 5.74) is 6.99. The molecule has 0 aliphatic rings. The zero-order chi connectivity index (χ0) is 18.8. The molecule has 2 heterocycles. The van der Waals surface area contributed by atoms with Crippen molar-refractivity contribution in [2.45, 2.75) is 6.92 Å². The van der Waals surface area contributed by atoms with Gasteiger partial charge in [0.15, 0.2) is 0 Å². The molecule has 0 aliphatic carbocycles. The fraction of sp³-hybridized carbons (Fsp3) is 0.0588. The van der Waals surface area contributed by atoms with Gasteiger partial charge in [-0.15, -0.1) is 0 Å². The van der Waals surface area contributed by atoms with Gasteiger partial charge in [-0.2, -0.15) is 5.10 Å². The van der Waals surface area contributed by atoms with Crippen LogP contribution < -0.4 is 11.1 Å². The molecule has 2 amide bonds. The van der Waals surface area contributed by atoms with Crippen LogP contribution in [0.1, 0.15) is 17.3 Å². The SMILES string of the molecule is CC(=O)Nc1cc(-n2cc(C(N)=O)c(-c3ccccc3Cl)n2)c(Cl)cn1. The molecule has 0 fully saturated rings. The van der Waals surface area contributed by atoms with E-state index in [4.69, 9.17) is 28.9 Å². The minimum absolute atomic E-state index is 0.187. The van der Waals surface area contributed by atoms with Gasteiger partial charge in [-0.1, -0.05) is 41.4 Å². The highest BCUT2D eigenvalue weighted by atomic mass is 35.5. The highest BCUT2D eigenvalue weighted by Gasteiger charge is 2.19. The van der Waals surface area contributed by atoms with Crippen molar-refractivity contribution in [2.24, 2.45) is 5.73 Å². The highest BCUT2D eigenvalue weighted by Crippen LogP contribution is 2.31. The van der Waals surface area contributed by atoms with Crippen LogP contribution in [0.2, 0.25) is 10.0 Å². The second-order valence-electron chi connectivity index (χ2n) is 5.38. The Labute approximate surface area is 158 Å². The quantitative estimate of drug-likeness (QED) is 0.714. The van der Waals surface area contributed by atoms with Crippen LogP contribution >= 0.6 is 23.2 Å². The van der Waals surface area contributed by atoms with Crippen LogP contribution in [0, 0.1) is 0 Å². The average molecular weight is 390 g/mol. The molecule has 0 atom stereocenters. The molecule has 0 bridgehead atoms. The Hall–Kier alpha value is -2.90. The summed E-state index contributed by atoms with van der Waals surface area (Å²) in [6.07, 6.45) is 2.84. The number of rotatable bonds is 4. The van der Waals surface area contributed by atoms with Gasteiger partial charge in [0.1, 0.15) is 11.5 Å². The highest BCUT2D eigenvalue weighted by molar-refractivity contribution is 6.33. The largest absolute Gasteiger partial charge is 0.365 e. The molecule has 0 aliphatic heterocycles.